The number of nitrogens with zero attached hydrogens (tertiary/aromatic N) is 3. The largest absolute Gasteiger partial charge is 0.481 e. The van der Waals surface area contributed by atoms with E-state index < -0.39 is 5.97 Å². The number of carboxylic acid groups (broad SMARTS) is 1. The SMILES string of the molecule is O=C(O)CCNC(=O)Cn1cncn1. The van der Waals surface area contributed by atoms with Crippen LogP contribution in [0.2, 0.25) is 0 Å². The van der Waals surface area contributed by atoms with Gasteiger partial charge in [0.25, 0.3) is 0 Å². The number of rotatable bonds is 5. The van der Waals surface area contributed by atoms with Gasteiger partial charge in [0.05, 0.1) is 6.42 Å². The van der Waals surface area contributed by atoms with E-state index in [4.69, 9.17) is 5.11 Å². The number of carbonyl (C=O) groups is 2. The standard InChI is InChI=1S/C7H10N4O3/c12-6(9-2-1-7(13)14)3-11-5-8-4-10-11/h4-5H,1-3H2,(H,9,12)(H,13,14). The Morgan fingerprint density at radius 2 is 2.29 bits per heavy atom. The highest BCUT2D eigenvalue weighted by molar-refractivity contribution is 5.76. The third kappa shape index (κ3) is 3.65. The van der Waals surface area contributed by atoms with Gasteiger partial charge in [0.1, 0.15) is 19.2 Å². The molecule has 14 heavy (non-hydrogen) atoms. The fourth-order valence-corrected chi connectivity index (χ4v) is 0.826. The van der Waals surface area contributed by atoms with Crippen molar-refractivity contribution in [2.45, 2.75) is 13.0 Å². The second kappa shape index (κ2) is 4.95. The fourth-order valence-electron chi connectivity index (χ4n) is 0.826. The molecule has 0 unspecified atom stereocenters. The van der Waals surface area contributed by atoms with Crippen LogP contribution in [-0.2, 0) is 16.1 Å². The van der Waals surface area contributed by atoms with Crippen LogP contribution in [-0.4, -0.2) is 38.3 Å². The molecule has 1 amide bonds. The highest BCUT2D eigenvalue weighted by Gasteiger charge is 2.03. The summed E-state index contributed by atoms with van der Waals surface area (Å²) in [6.45, 7) is 0.183. The van der Waals surface area contributed by atoms with Gasteiger partial charge in [0.2, 0.25) is 5.91 Å². The summed E-state index contributed by atoms with van der Waals surface area (Å²) >= 11 is 0. The zero-order valence-electron chi connectivity index (χ0n) is 7.38. The summed E-state index contributed by atoms with van der Waals surface area (Å²) in [7, 11) is 0. The molecule has 2 N–H and O–H groups in total. The normalized spacial score (nSPS) is 9.71. The van der Waals surface area contributed by atoms with Gasteiger partial charge in [-0.1, -0.05) is 0 Å². The fraction of sp³-hybridized carbons (Fsp3) is 0.429. The smallest absolute Gasteiger partial charge is 0.305 e. The Hall–Kier alpha value is -1.92. The molecule has 0 fully saturated rings. The number of carbonyl (C=O) groups excluding carboxylic acids is 1. The summed E-state index contributed by atoms with van der Waals surface area (Å²) in [5, 5.41) is 14.5. The molecule has 0 saturated carbocycles. The lowest BCUT2D eigenvalue weighted by Gasteiger charge is -2.02. The maximum absolute atomic E-state index is 11.1. The predicted molar refractivity (Wildman–Crippen MR) is 45.3 cm³/mol. The van der Waals surface area contributed by atoms with Gasteiger partial charge < -0.3 is 10.4 Å². The van der Waals surface area contributed by atoms with Crippen LogP contribution in [0.5, 0.6) is 0 Å². The average molecular weight is 198 g/mol. The summed E-state index contributed by atoms with van der Waals surface area (Å²) in [4.78, 5) is 24.9. The second-order valence-electron chi connectivity index (χ2n) is 2.59. The van der Waals surface area contributed by atoms with E-state index >= 15 is 0 Å². The Morgan fingerprint density at radius 1 is 1.50 bits per heavy atom. The number of nitrogens with one attached hydrogen (secondary N) is 1. The molecule has 7 heteroatoms. The summed E-state index contributed by atoms with van der Waals surface area (Å²) in [5.41, 5.74) is 0. The van der Waals surface area contributed by atoms with Crippen molar-refractivity contribution in [1.82, 2.24) is 20.1 Å². The van der Waals surface area contributed by atoms with Crippen molar-refractivity contribution in [1.29, 1.82) is 0 Å². The van der Waals surface area contributed by atoms with E-state index in [1.165, 1.54) is 17.3 Å². The number of aliphatic carboxylic acids is 1. The molecule has 7 nitrogen and oxygen atoms in total. The molecule has 76 valence electrons. The maximum Gasteiger partial charge on any atom is 0.305 e. The van der Waals surface area contributed by atoms with E-state index in [2.05, 4.69) is 15.4 Å². The van der Waals surface area contributed by atoms with Crippen LogP contribution in [0.15, 0.2) is 12.7 Å². The van der Waals surface area contributed by atoms with Crippen molar-refractivity contribution in [3.05, 3.63) is 12.7 Å². The van der Waals surface area contributed by atoms with Crippen LogP contribution < -0.4 is 5.32 Å². The van der Waals surface area contributed by atoms with E-state index in [0.717, 1.165) is 0 Å². The van der Waals surface area contributed by atoms with E-state index in [1.807, 2.05) is 0 Å². The molecule has 0 radical (unpaired) electrons. The molecule has 1 heterocycles. The third-order valence-corrected chi connectivity index (χ3v) is 1.43. The topological polar surface area (TPSA) is 97.1 Å². The molecule has 0 aliphatic carbocycles. The van der Waals surface area contributed by atoms with Gasteiger partial charge in [-0.15, -0.1) is 0 Å². The number of hydrogen-bond acceptors (Lipinski definition) is 4. The predicted octanol–water partition coefficient (Wildman–Crippen LogP) is -1.13. The lowest BCUT2D eigenvalue weighted by atomic mass is 10.4. The minimum atomic E-state index is -0.939. The zero-order chi connectivity index (χ0) is 10.4. The molecule has 0 aromatic carbocycles. The summed E-state index contributed by atoms with van der Waals surface area (Å²) in [6.07, 6.45) is 2.66. The van der Waals surface area contributed by atoms with Crippen LogP contribution in [0.3, 0.4) is 0 Å². The number of carboxylic acids is 1. The van der Waals surface area contributed by atoms with Gasteiger partial charge in [0.15, 0.2) is 0 Å². The monoisotopic (exact) mass is 198 g/mol. The molecular weight excluding hydrogens is 188 g/mol. The van der Waals surface area contributed by atoms with E-state index in [1.54, 1.807) is 0 Å². The lowest BCUT2D eigenvalue weighted by Crippen LogP contribution is -2.29. The van der Waals surface area contributed by atoms with Gasteiger partial charge in [-0.2, -0.15) is 5.10 Å². The summed E-state index contributed by atoms with van der Waals surface area (Å²) in [5.74, 6) is -1.22. The Labute approximate surface area is 79.8 Å². The van der Waals surface area contributed by atoms with Crippen molar-refractivity contribution in [2.24, 2.45) is 0 Å². The molecule has 1 aromatic heterocycles. The van der Waals surface area contributed by atoms with Crippen molar-refractivity contribution >= 4 is 11.9 Å². The Bertz CT molecular complexity index is 309. The second-order valence-corrected chi connectivity index (χ2v) is 2.59. The minimum absolute atomic E-state index is 0.0552. The maximum atomic E-state index is 11.1. The molecule has 0 bridgehead atoms. The molecule has 0 spiro atoms. The van der Waals surface area contributed by atoms with Crippen molar-refractivity contribution < 1.29 is 14.7 Å². The first-order valence-electron chi connectivity index (χ1n) is 3.99. The number of amides is 1. The third-order valence-electron chi connectivity index (χ3n) is 1.43. The Kier molecular flexibility index (Phi) is 3.59. The van der Waals surface area contributed by atoms with E-state index in [9.17, 15) is 9.59 Å². The lowest BCUT2D eigenvalue weighted by molar-refractivity contribution is -0.136. The molecule has 0 saturated heterocycles. The Balaban J connectivity index is 2.20. The quantitative estimate of drug-likeness (QED) is 0.623. The van der Waals surface area contributed by atoms with Crippen molar-refractivity contribution in [3.8, 4) is 0 Å². The zero-order valence-corrected chi connectivity index (χ0v) is 7.38. The van der Waals surface area contributed by atoms with Gasteiger partial charge >= 0.3 is 5.97 Å². The van der Waals surface area contributed by atoms with Crippen molar-refractivity contribution in [2.75, 3.05) is 6.54 Å². The highest BCUT2D eigenvalue weighted by Crippen LogP contribution is 1.81. The highest BCUT2D eigenvalue weighted by atomic mass is 16.4. The molecular formula is C7H10N4O3. The summed E-state index contributed by atoms with van der Waals surface area (Å²) < 4.78 is 1.36. The average Bonchev–Trinajstić information content (AvgIpc) is 2.56. The van der Waals surface area contributed by atoms with Gasteiger partial charge in [0, 0.05) is 6.54 Å². The van der Waals surface area contributed by atoms with Gasteiger partial charge in [-0.25, -0.2) is 9.67 Å². The number of aromatic nitrogens is 3. The van der Waals surface area contributed by atoms with Crippen LogP contribution in [0.4, 0.5) is 0 Å². The summed E-state index contributed by atoms with van der Waals surface area (Å²) in [6, 6.07) is 0. The van der Waals surface area contributed by atoms with E-state index in [-0.39, 0.29) is 25.4 Å². The first kappa shape index (κ1) is 10.2. The van der Waals surface area contributed by atoms with Crippen LogP contribution >= 0.6 is 0 Å². The first-order chi connectivity index (χ1) is 6.68. The molecule has 0 aliphatic rings. The molecule has 0 aliphatic heterocycles. The first-order valence-corrected chi connectivity index (χ1v) is 3.99. The number of hydrogen-bond donors (Lipinski definition) is 2. The van der Waals surface area contributed by atoms with Gasteiger partial charge in [-0.3, -0.25) is 9.59 Å². The minimum Gasteiger partial charge on any atom is -0.481 e. The van der Waals surface area contributed by atoms with Crippen LogP contribution in [0.1, 0.15) is 6.42 Å². The van der Waals surface area contributed by atoms with E-state index in [0.29, 0.717) is 0 Å². The molecule has 1 aromatic rings. The van der Waals surface area contributed by atoms with Crippen LogP contribution in [0.25, 0.3) is 0 Å². The van der Waals surface area contributed by atoms with Gasteiger partial charge in [-0.05, 0) is 0 Å². The van der Waals surface area contributed by atoms with Crippen LogP contribution in [0, 0.1) is 0 Å². The molecule has 0 atom stereocenters. The molecule has 1 rings (SSSR count). The van der Waals surface area contributed by atoms with Crippen molar-refractivity contribution in [3.63, 3.8) is 0 Å². The Morgan fingerprint density at radius 3 is 2.86 bits per heavy atom.